The molecule has 0 saturated heterocycles. The molecule has 0 fully saturated rings. The van der Waals surface area contributed by atoms with Crippen molar-refractivity contribution in [3.8, 4) is 22.6 Å². The van der Waals surface area contributed by atoms with E-state index in [0.29, 0.717) is 39.3 Å². The molecule has 10 heteroatoms. The fourth-order valence-corrected chi connectivity index (χ4v) is 4.97. The van der Waals surface area contributed by atoms with Gasteiger partial charge in [0.25, 0.3) is 0 Å². The number of thioether (sulfide) groups is 1. The maximum atomic E-state index is 12.8. The summed E-state index contributed by atoms with van der Waals surface area (Å²) in [5.74, 6) is -0.100. The molecule has 172 valence electrons. The second-order valence-corrected chi connectivity index (χ2v) is 8.79. The Morgan fingerprint density at radius 1 is 1.18 bits per heavy atom. The number of hydrogen-bond acceptors (Lipinski definition) is 8. The number of rotatable bonds is 9. The number of carbonyl (C=O) groups is 2. The van der Waals surface area contributed by atoms with Gasteiger partial charge in [-0.25, -0.2) is 4.79 Å². The topological polar surface area (TPSA) is 99.0 Å². The molecule has 0 aliphatic heterocycles. The highest BCUT2D eigenvalue weighted by molar-refractivity contribution is 7.99. The summed E-state index contributed by atoms with van der Waals surface area (Å²) < 4.78 is 6.82. The Kier molecular flexibility index (Phi) is 7.51. The van der Waals surface area contributed by atoms with Crippen LogP contribution in [0.15, 0.2) is 77.9 Å². The molecule has 4 aromatic rings. The molecule has 3 aromatic heterocycles. The van der Waals surface area contributed by atoms with Gasteiger partial charge in [0, 0.05) is 23.7 Å². The van der Waals surface area contributed by atoms with Crippen LogP contribution in [0.5, 0.6) is 0 Å². The number of amides is 1. The SMILES string of the molecule is C=CCn1c(SCC(=O)Nc2scc(-c3ccccc3)c2C(=O)OC)nnc1-c1ccccn1. The number of nitrogens with zero attached hydrogens (tertiary/aromatic N) is 4. The molecule has 1 aromatic carbocycles. The lowest BCUT2D eigenvalue weighted by Gasteiger charge is -2.09. The van der Waals surface area contributed by atoms with Gasteiger partial charge < -0.3 is 10.1 Å². The fourth-order valence-electron chi connectivity index (χ4n) is 3.25. The molecule has 0 saturated carbocycles. The van der Waals surface area contributed by atoms with Crippen molar-refractivity contribution in [3.63, 3.8) is 0 Å². The summed E-state index contributed by atoms with van der Waals surface area (Å²) in [6, 6.07) is 15.0. The van der Waals surface area contributed by atoms with Crippen molar-refractivity contribution in [1.82, 2.24) is 19.7 Å². The van der Waals surface area contributed by atoms with Gasteiger partial charge in [-0.1, -0.05) is 54.2 Å². The first-order valence-electron chi connectivity index (χ1n) is 10.3. The van der Waals surface area contributed by atoms with Gasteiger partial charge in [0.2, 0.25) is 5.91 Å². The molecule has 1 N–H and O–H groups in total. The molecule has 4 rings (SSSR count). The predicted molar refractivity (Wildman–Crippen MR) is 134 cm³/mol. The van der Waals surface area contributed by atoms with Crippen molar-refractivity contribution < 1.29 is 14.3 Å². The lowest BCUT2D eigenvalue weighted by Crippen LogP contribution is -2.16. The molecular weight excluding hydrogens is 470 g/mol. The molecule has 0 bridgehead atoms. The molecule has 0 spiro atoms. The summed E-state index contributed by atoms with van der Waals surface area (Å²) >= 11 is 2.52. The highest BCUT2D eigenvalue weighted by atomic mass is 32.2. The van der Waals surface area contributed by atoms with Crippen LogP contribution < -0.4 is 5.32 Å². The van der Waals surface area contributed by atoms with E-state index in [2.05, 4.69) is 27.1 Å². The third-order valence-electron chi connectivity index (χ3n) is 4.77. The van der Waals surface area contributed by atoms with Crippen LogP contribution in [0, 0.1) is 0 Å². The van der Waals surface area contributed by atoms with E-state index >= 15 is 0 Å². The largest absolute Gasteiger partial charge is 0.465 e. The maximum absolute atomic E-state index is 12.8. The van der Waals surface area contributed by atoms with Crippen molar-refractivity contribution in [3.05, 3.63) is 78.3 Å². The third kappa shape index (κ3) is 5.08. The number of anilines is 1. The van der Waals surface area contributed by atoms with E-state index in [1.165, 1.54) is 30.2 Å². The number of allylic oxidation sites excluding steroid dienone is 1. The molecular formula is C24H21N5O3S2. The zero-order chi connectivity index (χ0) is 23.9. The van der Waals surface area contributed by atoms with Crippen molar-refractivity contribution >= 4 is 40.0 Å². The van der Waals surface area contributed by atoms with Crippen LogP contribution in [0.3, 0.4) is 0 Å². The molecule has 34 heavy (non-hydrogen) atoms. The van der Waals surface area contributed by atoms with Crippen molar-refractivity contribution in [2.24, 2.45) is 0 Å². The van der Waals surface area contributed by atoms with Crippen LogP contribution in [0.4, 0.5) is 5.00 Å². The van der Waals surface area contributed by atoms with E-state index < -0.39 is 5.97 Å². The van der Waals surface area contributed by atoms with E-state index in [1.54, 1.807) is 12.3 Å². The summed E-state index contributed by atoms with van der Waals surface area (Å²) in [6.45, 7) is 4.27. The summed E-state index contributed by atoms with van der Waals surface area (Å²) in [6.07, 6.45) is 3.42. The number of methoxy groups -OCH3 is 1. The van der Waals surface area contributed by atoms with E-state index in [4.69, 9.17) is 4.74 Å². The molecule has 0 radical (unpaired) electrons. The fraction of sp³-hybridized carbons (Fsp3) is 0.125. The van der Waals surface area contributed by atoms with Gasteiger partial charge >= 0.3 is 5.97 Å². The quantitative estimate of drug-likeness (QED) is 0.204. The first kappa shape index (κ1) is 23.4. The summed E-state index contributed by atoms with van der Waals surface area (Å²) in [4.78, 5) is 29.6. The van der Waals surface area contributed by atoms with Crippen molar-refractivity contribution in [1.29, 1.82) is 0 Å². The Morgan fingerprint density at radius 3 is 2.68 bits per heavy atom. The summed E-state index contributed by atoms with van der Waals surface area (Å²) in [7, 11) is 1.32. The Morgan fingerprint density at radius 2 is 1.97 bits per heavy atom. The van der Waals surface area contributed by atoms with Crippen molar-refractivity contribution in [2.45, 2.75) is 11.7 Å². The van der Waals surface area contributed by atoms with Gasteiger partial charge in [0.1, 0.15) is 16.3 Å². The van der Waals surface area contributed by atoms with Crippen LogP contribution in [0.25, 0.3) is 22.6 Å². The van der Waals surface area contributed by atoms with Crippen LogP contribution in [-0.2, 0) is 16.1 Å². The number of nitrogens with one attached hydrogen (secondary N) is 1. The third-order valence-corrected chi connectivity index (χ3v) is 6.64. The second-order valence-electron chi connectivity index (χ2n) is 6.97. The number of ether oxygens (including phenoxy) is 1. The zero-order valence-corrected chi connectivity index (χ0v) is 19.9. The first-order valence-corrected chi connectivity index (χ1v) is 12.1. The number of thiophene rings is 1. The van der Waals surface area contributed by atoms with Crippen LogP contribution in [0.2, 0.25) is 0 Å². The Labute approximate surface area is 204 Å². The summed E-state index contributed by atoms with van der Waals surface area (Å²) in [5, 5.41) is 14.2. The Balaban J connectivity index is 1.51. The monoisotopic (exact) mass is 491 g/mol. The molecule has 8 nitrogen and oxygen atoms in total. The van der Waals surface area contributed by atoms with Gasteiger partial charge in [-0.15, -0.1) is 28.1 Å². The minimum absolute atomic E-state index is 0.0800. The maximum Gasteiger partial charge on any atom is 0.341 e. The number of carbonyl (C=O) groups excluding carboxylic acids is 2. The van der Waals surface area contributed by atoms with Gasteiger partial charge in [-0.2, -0.15) is 0 Å². The molecule has 3 heterocycles. The van der Waals surface area contributed by atoms with Gasteiger partial charge in [-0.3, -0.25) is 14.3 Å². The van der Waals surface area contributed by atoms with Gasteiger partial charge in [0.15, 0.2) is 11.0 Å². The van der Waals surface area contributed by atoms with Crippen LogP contribution in [0.1, 0.15) is 10.4 Å². The lowest BCUT2D eigenvalue weighted by molar-refractivity contribution is -0.113. The Bertz CT molecular complexity index is 1300. The van der Waals surface area contributed by atoms with Crippen LogP contribution >= 0.6 is 23.1 Å². The normalized spacial score (nSPS) is 10.6. The van der Waals surface area contributed by atoms with Crippen LogP contribution in [-0.4, -0.2) is 44.5 Å². The number of pyridine rings is 1. The van der Waals surface area contributed by atoms with Gasteiger partial charge in [0.05, 0.1) is 12.9 Å². The Hall–Kier alpha value is -3.76. The van der Waals surface area contributed by atoms with E-state index in [0.717, 1.165) is 5.56 Å². The number of hydrogen-bond donors (Lipinski definition) is 1. The number of aromatic nitrogens is 4. The minimum atomic E-state index is -0.506. The first-order chi connectivity index (χ1) is 16.6. The predicted octanol–water partition coefficient (Wildman–Crippen LogP) is 4.77. The number of esters is 1. The summed E-state index contributed by atoms with van der Waals surface area (Å²) in [5.41, 5.74) is 2.60. The van der Waals surface area contributed by atoms with Crippen molar-refractivity contribution in [2.75, 3.05) is 18.2 Å². The molecule has 0 unspecified atom stereocenters. The smallest absolute Gasteiger partial charge is 0.341 e. The average Bonchev–Trinajstić information content (AvgIpc) is 3.48. The second kappa shape index (κ2) is 10.9. The zero-order valence-electron chi connectivity index (χ0n) is 18.3. The highest BCUT2D eigenvalue weighted by Gasteiger charge is 2.23. The van der Waals surface area contributed by atoms with Gasteiger partial charge in [-0.05, 0) is 17.7 Å². The molecule has 0 aliphatic carbocycles. The molecule has 0 atom stereocenters. The minimum Gasteiger partial charge on any atom is -0.465 e. The standard InChI is InChI=1S/C24H21N5O3S2/c1-3-13-29-21(18-11-7-8-12-25-18)27-28-24(29)34-15-19(30)26-22-20(23(31)32-2)17(14-33-22)16-9-5-4-6-10-16/h3-12,14H,1,13,15H2,2H3,(H,26,30). The molecule has 0 aliphatic rings. The average molecular weight is 492 g/mol. The highest BCUT2D eigenvalue weighted by Crippen LogP contribution is 2.36. The van der Waals surface area contributed by atoms with E-state index in [9.17, 15) is 9.59 Å². The number of benzene rings is 1. The van der Waals surface area contributed by atoms with E-state index in [1.807, 2.05) is 58.5 Å². The van der Waals surface area contributed by atoms with E-state index in [-0.39, 0.29) is 11.7 Å². The lowest BCUT2D eigenvalue weighted by atomic mass is 10.0. The molecule has 1 amide bonds.